The molecule has 1 unspecified atom stereocenters. The van der Waals surface area contributed by atoms with Gasteiger partial charge in [0.2, 0.25) is 5.91 Å². The molecule has 1 amide bonds. The summed E-state index contributed by atoms with van der Waals surface area (Å²) in [6.45, 7) is 1.80. The molecule has 7 heteroatoms. The largest absolute Gasteiger partial charge is 0.380 e. The highest BCUT2D eigenvalue weighted by molar-refractivity contribution is 5.93. The Morgan fingerprint density at radius 2 is 1.77 bits per heavy atom. The summed E-state index contributed by atoms with van der Waals surface area (Å²) in [6, 6.07) is 9.69. The molecule has 1 aromatic carbocycles. The monoisotopic (exact) mass is 351 g/mol. The molecule has 0 aliphatic heterocycles. The second-order valence-corrected chi connectivity index (χ2v) is 4.98. The number of para-hydroxylation sites is 1. The van der Waals surface area contributed by atoms with Gasteiger partial charge in [0.15, 0.2) is 0 Å². The number of benzene rings is 1. The number of amides is 1. The topological polar surface area (TPSA) is 58.8 Å². The highest BCUT2D eigenvalue weighted by atomic mass is 35.5. The fourth-order valence-electron chi connectivity index (χ4n) is 1.87. The van der Waals surface area contributed by atoms with Gasteiger partial charge < -0.3 is 20.3 Å². The van der Waals surface area contributed by atoms with E-state index in [0.717, 1.165) is 12.2 Å². The molecule has 0 saturated heterocycles. The first-order valence-electron chi connectivity index (χ1n) is 6.81. The lowest BCUT2D eigenvalue weighted by atomic mass is 10.2. The van der Waals surface area contributed by atoms with Gasteiger partial charge in [0, 0.05) is 32.4 Å². The van der Waals surface area contributed by atoms with Crippen molar-refractivity contribution in [1.29, 1.82) is 0 Å². The molecular weight excluding hydrogens is 325 g/mol. The summed E-state index contributed by atoms with van der Waals surface area (Å²) >= 11 is 0. The Kier molecular flexibility index (Phi) is 13.5. The minimum absolute atomic E-state index is 0. The van der Waals surface area contributed by atoms with Crippen LogP contribution >= 0.6 is 24.8 Å². The summed E-state index contributed by atoms with van der Waals surface area (Å²) in [6.07, 6.45) is 0.0723. The number of hydrogen-bond donors (Lipinski definition) is 1. The van der Waals surface area contributed by atoms with Crippen LogP contribution in [-0.2, 0) is 9.53 Å². The summed E-state index contributed by atoms with van der Waals surface area (Å²) < 4.78 is 5.20. The molecule has 2 N–H and O–H groups in total. The fourth-order valence-corrected chi connectivity index (χ4v) is 1.87. The molecule has 0 radical (unpaired) electrons. The highest BCUT2D eigenvalue weighted by Gasteiger charge is 2.19. The molecule has 0 aliphatic carbocycles. The van der Waals surface area contributed by atoms with Gasteiger partial charge in [-0.2, -0.15) is 0 Å². The summed E-state index contributed by atoms with van der Waals surface area (Å²) in [5.74, 6) is 0.0374. The average molecular weight is 352 g/mol. The Morgan fingerprint density at radius 1 is 1.18 bits per heavy atom. The number of nitrogens with zero attached hydrogens (tertiary/aromatic N) is 2. The van der Waals surface area contributed by atoms with Crippen LogP contribution in [0.25, 0.3) is 0 Å². The summed E-state index contributed by atoms with van der Waals surface area (Å²) in [4.78, 5) is 16.3. The first kappa shape index (κ1) is 23.4. The Morgan fingerprint density at radius 3 is 2.23 bits per heavy atom. The first-order chi connectivity index (χ1) is 9.58. The molecule has 1 atom stereocenters. The van der Waals surface area contributed by atoms with Crippen molar-refractivity contribution in [3.05, 3.63) is 30.3 Å². The van der Waals surface area contributed by atoms with Crippen molar-refractivity contribution in [2.75, 3.05) is 45.7 Å². The molecule has 22 heavy (non-hydrogen) atoms. The number of methoxy groups -OCH3 is 1. The van der Waals surface area contributed by atoms with E-state index in [-0.39, 0.29) is 36.8 Å². The van der Waals surface area contributed by atoms with Gasteiger partial charge in [-0.25, -0.2) is 0 Å². The van der Waals surface area contributed by atoms with Crippen LogP contribution in [0.2, 0.25) is 0 Å². The molecule has 128 valence electrons. The van der Waals surface area contributed by atoms with Gasteiger partial charge in [0.1, 0.15) is 0 Å². The third-order valence-electron chi connectivity index (χ3n) is 3.14. The number of carbonyl (C=O) groups excluding carboxylic acids is 1. The lowest BCUT2D eigenvalue weighted by molar-refractivity contribution is -0.120. The van der Waals surface area contributed by atoms with Gasteiger partial charge in [-0.3, -0.25) is 4.79 Å². The molecule has 0 spiro atoms. The number of nitrogens with two attached hydrogens (primary N) is 1. The lowest BCUT2D eigenvalue weighted by Crippen LogP contribution is -2.39. The van der Waals surface area contributed by atoms with Gasteiger partial charge in [-0.1, -0.05) is 18.2 Å². The van der Waals surface area contributed by atoms with Crippen molar-refractivity contribution in [1.82, 2.24) is 4.90 Å². The fraction of sp³-hybridized carbons (Fsp3) is 0.533. The lowest BCUT2D eigenvalue weighted by Gasteiger charge is -2.26. The Hall–Kier alpha value is -0.850. The van der Waals surface area contributed by atoms with Gasteiger partial charge in [-0.15, -0.1) is 24.8 Å². The van der Waals surface area contributed by atoms with Crippen molar-refractivity contribution >= 4 is 36.4 Å². The third-order valence-corrected chi connectivity index (χ3v) is 3.14. The van der Waals surface area contributed by atoms with E-state index in [4.69, 9.17) is 10.5 Å². The standard InChI is InChI=1S/C15H25N3O2.2ClH/c1-17(2)9-10-18(13-7-5-4-6-8-13)15(19)11-14(12-16)20-3;;/h4-8,14H,9-12,16H2,1-3H3;2*1H. The van der Waals surface area contributed by atoms with Crippen LogP contribution in [0.15, 0.2) is 30.3 Å². The SMILES string of the molecule is COC(CN)CC(=O)N(CCN(C)C)c1ccccc1.Cl.Cl. The minimum Gasteiger partial charge on any atom is -0.380 e. The van der Waals surface area contributed by atoms with Gasteiger partial charge in [-0.05, 0) is 26.2 Å². The molecule has 0 bridgehead atoms. The first-order valence-corrected chi connectivity index (χ1v) is 6.81. The maximum Gasteiger partial charge on any atom is 0.229 e. The van der Waals surface area contributed by atoms with Gasteiger partial charge in [0.25, 0.3) is 0 Å². The van der Waals surface area contributed by atoms with Crippen LogP contribution in [0.1, 0.15) is 6.42 Å². The highest BCUT2D eigenvalue weighted by Crippen LogP contribution is 2.15. The molecule has 1 rings (SSSR count). The number of ether oxygens (including phenoxy) is 1. The van der Waals surface area contributed by atoms with Crippen LogP contribution in [0.4, 0.5) is 5.69 Å². The minimum atomic E-state index is -0.229. The van der Waals surface area contributed by atoms with Crippen LogP contribution in [0, 0.1) is 0 Å². The van der Waals surface area contributed by atoms with E-state index in [9.17, 15) is 4.79 Å². The van der Waals surface area contributed by atoms with Crippen LogP contribution in [0.3, 0.4) is 0 Å². The Labute approximate surface area is 145 Å². The smallest absolute Gasteiger partial charge is 0.229 e. The van der Waals surface area contributed by atoms with E-state index >= 15 is 0 Å². The van der Waals surface area contributed by atoms with Gasteiger partial charge in [0.05, 0.1) is 12.5 Å². The van der Waals surface area contributed by atoms with E-state index in [0.29, 0.717) is 19.5 Å². The quantitative estimate of drug-likeness (QED) is 0.775. The predicted octanol–water partition coefficient (Wildman–Crippen LogP) is 1.79. The van der Waals surface area contributed by atoms with E-state index in [2.05, 4.69) is 4.90 Å². The van der Waals surface area contributed by atoms with Crippen molar-refractivity contribution in [2.24, 2.45) is 5.73 Å². The zero-order valence-electron chi connectivity index (χ0n) is 13.4. The molecule has 1 aromatic rings. The maximum absolute atomic E-state index is 12.5. The molecule has 0 aromatic heterocycles. The molecule has 0 aliphatic rings. The van der Waals surface area contributed by atoms with E-state index < -0.39 is 0 Å². The van der Waals surface area contributed by atoms with Crippen molar-refractivity contribution in [3.63, 3.8) is 0 Å². The van der Waals surface area contributed by atoms with E-state index in [1.54, 1.807) is 12.0 Å². The van der Waals surface area contributed by atoms with Crippen molar-refractivity contribution < 1.29 is 9.53 Å². The number of anilines is 1. The molecular formula is C15H27Cl2N3O2. The summed E-state index contributed by atoms with van der Waals surface area (Å²) in [5, 5.41) is 0. The number of carbonyl (C=O) groups is 1. The number of rotatable bonds is 8. The molecule has 0 saturated carbocycles. The second kappa shape index (κ2) is 12.7. The predicted molar refractivity (Wildman–Crippen MR) is 96.3 cm³/mol. The molecule has 0 heterocycles. The number of likely N-dealkylation sites (N-methyl/N-ethyl adjacent to an activating group) is 1. The zero-order chi connectivity index (χ0) is 15.0. The number of halogens is 2. The van der Waals surface area contributed by atoms with Gasteiger partial charge >= 0.3 is 0 Å². The maximum atomic E-state index is 12.5. The summed E-state index contributed by atoms with van der Waals surface area (Å²) in [5.41, 5.74) is 6.50. The molecule has 5 nitrogen and oxygen atoms in total. The van der Waals surface area contributed by atoms with Crippen LogP contribution in [0.5, 0.6) is 0 Å². The second-order valence-electron chi connectivity index (χ2n) is 4.98. The Bertz CT molecular complexity index is 401. The average Bonchev–Trinajstić information content (AvgIpc) is 2.45. The van der Waals surface area contributed by atoms with Crippen molar-refractivity contribution in [2.45, 2.75) is 12.5 Å². The number of hydrogen-bond acceptors (Lipinski definition) is 4. The third kappa shape index (κ3) is 7.96. The van der Waals surface area contributed by atoms with Crippen molar-refractivity contribution in [3.8, 4) is 0 Å². The van der Waals surface area contributed by atoms with Crippen LogP contribution < -0.4 is 10.6 Å². The Balaban J connectivity index is 0. The normalized spacial score (nSPS) is 11.3. The molecule has 0 fully saturated rings. The van der Waals surface area contributed by atoms with E-state index in [1.807, 2.05) is 44.4 Å². The van der Waals surface area contributed by atoms with E-state index in [1.165, 1.54) is 0 Å². The van der Waals surface area contributed by atoms with Crippen LogP contribution in [-0.4, -0.2) is 57.8 Å². The summed E-state index contributed by atoms with van der Waals surface area (Å²) in [7, 11) is 5.56. The zero-order valence-corrected chi connectivity index (χ0v) is 15.0.